The van der Waals surface area contributed by atoms with Gasteiger partial charge in [-0.2, -0.15) is 13.2 Å². The van der Waals surface area contributed by atoms with Gasteiger partial charge in [-0.1, -0.05) is 12.1 Å². The van der Waals surface area contributed by atoms with Crippen molar-refractivity contribution in [2.24, 2.45) is 0 Å². The predicted molar refractivity (Wildman–Crippen MR) is 114 cm³/mol. The second-order valence-corrected chi connectivity index (χ2v) is 7.48. The Labute approximate surface area is 193 Å². The van der Waals surface area contributed by atoms with Crippen molar-refractivity contribution in [3.63, 3.8) is 0 Å². The number of rotatable bonds is 5. The number of aromatic nitrogens is 2. The molecule has 2 aromatic heterocycles. The van der Waals surface area contributed by atoms with E-state index >= 15 is 0 Å². The van der Waals surface area contributed by atoms with Crippen molar-refractivity contribution in [3.8, 4) is 11.5 Å². The molecule has 13 heteroatoms. The lowest BCUT2D eigenvalue weighted by atomic mass is 10.0. The maximum absolute atomic E-state index is 13.3. The van der Waals surface area contributed by atoms with Gasteiger partial charge in [0.2, 0.25) is 5.76 Å². The van der Waals surface area contributed by atoms with Crippen LogP contribution in [-0.4, -0.2) is 46.2 Å². The largest absolute Gasteiger partial charge is 0.505 e. The Kier molecular flexibility index (Phi) is 5.92. The monoisotopic (exact) mass is 492 g/mol. The van der Waals surface area contributed by atoms with E-state index in [1.165, 1.54) is 37.5 Å². The smallest absolute Gasteiger partial charge is 0.405 e. The molecule has 9 nitrogen and oxygen atoms in total. The standard InChI is InChI=1S/C22H16F4N4O5/c1-27-20(33)14-17(31)15-16-18(11(7-28-15)6-10-2-4-12(23)5-3-10)35-13(8-30(16)21(14)34)19(32)29-9-22(24,25)26/h2-5,7-8,31H,6,9H2,1H3,(H,27,33)(H,29,32). The molecular weight excluding hydrogens is 476 g/mol. The summed E-state index contributed by atoms with van der Waals surface area (Å²) in [6.45, 7) is -1.65. The summed E-state index contributed by atoms with van der Waals surface area (Å²) in [4.78, 5) is 41.9. The van der Waals surface area contributed by atoms with Crippen LogP contribution in [0, 0.1) is 5.82 Å². The zero-order valence-electron chi connectivity index (χ0n) is 17.9. The first-order valence-electron chi connectivity index (χ1n) is 10.0. The fraction of sp³-hybridized carbons (Fsp3) is 0.182. The van der Waals surface area contributed by atoms with Crippen molar-refractivity contribution in [2.75, 3.05) is 13.6 Å². The third-order valence-corrected chi connectivity index (χ3v) is 5.11. The highest BCUT2D eigenvalue weighted by atomic mass is 19.4. The highest BCUT2D eigenvalue weighted by Crippen LogP contribution is 2.38. The van der Waals surface area contributed by atoms with Crippen LogP contribution in [0.5, 0.6) is 11.5 Å². The number of carbonyl (C=O) groups excluding carboxylic acids is 2. The molecule has 2 amide bonds. The molecule has 3 heterocycles. The SMILES string of the molecule is CNC(=O)c1c(O)c2ncc(Cc3ccc(F)cc3)c3c2n(c1=O)C=C(C(=O)NCC(F)(F)F)O3. The summed E-state index contributed by atoms with van der Waals surface area (Å²) in [5.41, 5.74) is -1.19. The van der Waals surface area contributed by atoms with Crippen LogP contribution in [0.4, 0.5) is 17.6 Å². The first-order valence-corrected chi connectivity index (χ1v) is 10.0. The first kappa shape index (κ1) is 23.7. The Bertz CT molecular complexity index is 1450. The van der Waals surface area contributed by atoms with Gasteiger partial charge in [-0.05, 0) is 17.7 Å². The first-order chi connectivity index (χ1) is 16.5. The number of aromatic hydroxyl groups is 1. The van der Waals surface area contributed by atoms with Crippen LogP contribution in [0.2, 0.25) is 0 Å². The Morgan fingerprint density at radius 2 is 1.86 bits per heavy atom. The van der Waals surface area contributed by atoms with Gasteiger partial charge < -0.3 is 20.5 Å². The third-order valence-electron chi connectivity index (χ3n) is 5.11. The Morgan fingerprint density at radius 3 is 2.49 bits per heavy atom. The molecule has 0 fully saturated rings. The second-order valence-electron chi connectivity index (χ2n) is 7.48. The minimum Gasteiger partial charge on any atom is -0.505 e. The van der Waals surface area contributed by atoms with Gasteiger partial charge in [0, 0.05) is 25.2 Å². The van der Waals surface area contributed by atoms with E-state index in [2.05, 4.69) is 10.3 Å². The molecule has 1 aliphatic heterocycles. The van der Waals surface area contributed by atoms with Gasteiger partial charge in [0.25, 0.3) is 17.4 Å². The molecule has 0 bridgehead atoms. The van der Waals surface area contributed by atoms with Gasteiger partial charge in [0.15, 0.2) is 11.5 Å². The molecule has 3 aromatic rings. The van der Waals surface area contributed by atoms with Crippen LogP contribution >= 0.6 is 0 Å². The van der Waals surface area contributed by atoms with Gasteiger partial charge in [0.05, 0.1) is 6.20 Å². The summed E-state index contributed by atoms with van der Waals surface area (Å²) in [6.07, 6.45) is -2.56. The number of nitrogens with zero attached hydrogens (tertiary/aromatic N) is 2. The van der Waals surface area contributed by atoms with Crippen LogP contribution in [-0.2, 0) is 11.2 Å². The van der Waals surface area contributed by atoms with Crippen molar-refractivity contribution in [2.45, 2.75) is 12.6 Å². The van der Waals surface area contributed by atoms with Crippen LogP contribution < -0.4 is 20.9 Å². The topological polar surface area (TPSA) is 123 Å². The number of halogens is 4. The molecule has 4 rings (SSSR count). The summed E-state index contributed by atoms with van der Waals surface area (Å²) >= 11 is 0. The number of hydrogen-bond acceptors (Lipinski definition) is 6. The molecule has 3 N–H and O–H groups in total. The summed E-state index contributed by atoms with van der Waals surface area (Å²) in [5, 5.41) is 14.5. The molecule has 1 aliphatic rings. The molecule has 0 saturated heterocycles. The fourth-order valence-electron chi connectivity index (χ4n) is 3.50. The number of ether oxygens (including phenoxy) is 1. The second kappa shape index (κ2) is 8.74. The molecule has 1 aromatic carbocycles. The number of benzene rings is 1. The zero-order chi connectivity index (χ0) is 25.5. The maximum Gasteiger partial charge on any atom is 0.405 e. The number of alkyl halides is 3. The number of carbonyl (C=O) groups is 2. The Balaban J connectivity index is 1.91. The lowest BCUT2D eigenvalue weighted by molar-refractivity contribution is -0.137. The molecule has 0 aliphatic carbocycles. The van der Waals surface area contributed by atoms with Gasteiger partial charge >= 0.3 is 6.18 Å². The van der Waals surface area contributed by atoms with Crippen LogP contribution in [0.25, 0.3) is 17.2 Å². The lowest BCUT2D eigenvalue weighted by Crippen LogP contribution is -2.37. The molecule has 0 radical (unpaired) electrons. The third kappa shape index (κ3) is 4.52. The molecule has 35 heavy (non-hydrogen) atoms. The minimum atomic E-state index is -4.70. The number of amides is 2. The average Bonchev–Trinajstić information content (AvgIpc) is 2.82. The van der Waals surface area contributed by atoms with E-state index in [9.17, 15) is 37.1 Å². The molecule has 182 valence electrons. The van der Waals surface area contributed by atoms with E-state index in [-0.39, 0.29) is 28.8 Å². The Morgan fingerprint density at radius 1 is 1.17 bits per heavy atom. The summed E-state index contributed by atoms with van der Waals surface area (Å²) < 4.78 is 57.5. The fourth-order valence-corrected chi connectivity index (χ4v) is 3.50. The Hall–Kier alpha value is -4.42. The van der Waals surface area contributed by atoms with E-state index in [1.54, 1.807) is 5.32 Å². The molecule has 0 atom stereocenters. The molecule has 0 unspecified atom stereocenters. The molecular formula is C22H16F4N4O5. The van der Waals surface area contributed by atoms with E-state index in [0.717, 1.165) is 10.8 Å². The van der Waals surface area contributed by atoms with Crippen molar-refractivity contribution in [1.82, 2.24) is 20.2 Å². The number of pyridine rings is 2. The van der Waals surface area contributed by atoms with Crippen LogP contribution in [0.3, 0.4) is 0 Å². The minimum absolute atomic E-state index is 0.0716. The van der Waals surface area contributed by atoms with Crippen LogP contribution in [0.15, 0.2) is 41.0 Å². The highest BCUT2D eigenvalue weighted by molar-refractivity contribution is 6.04. The van der Waals surface area contributed by atoms with E-state index in [4.69, 9.17) is 4.74 Å². The predicted octanol–water partition coefficient (Wildman–Crippen LogP) is 2.06. The van der Waals surface area contributed by atoms with E-state index < -0.39 is 53.0 Å². The quantitative estimate of drug-likeness (QED) is 0.469. The van der Waals surface area contributed by atoms with Gasteiger partial charge in [-0.15, -0.1) is 0 Å². The van der Waals surface area contributed by atoms with Gasteiger partial charge in [-0.25, -0.2) is 4.39 Å². The average molecular weight is 492 g/mol. The summed E-state index contributed by atoms with van der Waals surface area (Å²) in [5.74, 6) is -4.24. The van der Waals surface area contributed by atoms with Crippen molar-refractivity contribution in [3.05, 3.63) is 69.1 Å². The summed E-state index contributed by atoms with van der Waals surface area (Å²) in [6, 6.07) is 5.37. The number of hydrogen-bond donors (Lipinski definition) is 3. The number of nitrogens with one attached hydrogen (secondary N) is 2. The normalized spacial score (nSPS) is 12.7. The van der Waals surface area contributed by atoms with E-state index in [0.29, 0.717) is 5.56 Å². The molecule has 0 spiro atoms. The van der Waals surface area contributed by atoms with Crippen molar-refractivity contribution >= 4 is 29.0 Å². The van der Waals surface area contributed by atoms with Gasteiger partial charge in [-0.3, -0.25) is 23.9 Å². The van der Waals surface area contributed by atoms with Gasteiger partial charge in [0.1, 0.15) is 29.0 Å². The maximum atomic E-state index is 13.3. The van der Waals surface area contributed by atoms with Crippen molar-refractivity contribution < 1.29 is 37.0 Å². The van der Waals surface area contributed by atoms with E-state index in [1.807, 2.05) is 0 Å². The summed E-state index contributed by atoms with van der Waals surface area (Å²) in [7, 11) is 1.22. The zero-order valence-corrected chi connectivity index (χ0v) is 17.9. The molecule has 0 saturated carbocycles. The van der Waals surface area contributed by atoms with Crippen LogP contribution in [0.1, 0.15) is 21.5 Å². The lowest BCUT2D eigenvalue weighted by Gasteiger charge is -2.23. The highest BCUT2D eigenvalue weighted by Gasteiger charge is 2.32. The van der Waals surface area contributed by atoms with Crippen molar-refractivity contribution in [1.29, 1.82) is 0 Å².